The van der Waals surface area contributed by atoms with Crippen LogP contribution in [-0.4, -0.2) is 52.9 Å². The summed E-state index contributed by atoms with van der Waals surface area (Å²) in [5.41, 5.74) is 1.83. The van der Waals surface area contributed by atoms with Crippen LogP contribution in [0.15, 0.2) is 54.0 Å². The van der Waals surface area contributed by atoms with E-state index < -0.39 is 6.10 Å². The van der Waals surface area contributed by atoms with Gasteiger partial charge in [0.2, 0.25) is 17.4 Å². The Morgan fingerprint density at radius 3 is 2.48 bits per heavy atom. The summed E-state index contributed by atoms with van der Waals surface area (Å²) in [6.07, 6.45) is 1.59. The number of nitrogens with one attached hydrogen (secondary N) is 1. The molecular formula is C20H19N3O4. The van der Waals surface area contributed by atoms with Gasteiger partial charge in [-0.25, -0.2) is 4.98 Å². The fourth-order valence-electron chi connectivity index (χ4n) is 3.44. The molecule has 1 aliphatic carbocycles. The lowest BCUT2D eigenvalue weighted by molar-refractivity contribution is 0.0943. The predicted molar refractivity (Wildman–Crippen MR) is 98.7 cm³/mol. The number of hydrogen-bond donors (Lipinski definition) is 2. The number of Topliss-reactive ketones (excluding diaryl/α,β-unsaturated/α-hetero) is 2. The zero-order valence-electron chi connectivity index (χ0n) is 14.8. The van der Waals surface area contributed by atoms with E-state index in [1.807, 2.05) is 0 Å². The molecule has 1 atom stereocenters. The Labute approximate surface area is 156 Å². The van der Waals surface area contributed by atoms with Gasteiger partial charge in [-0.3, -0.25) is 9.59 Å². The van der Waals surface area contributed by atoms with Gasteiger partial charge >= 0.3 is 0 Å². The maximum absolute atomic E-state index is 13.1. The number of nitrogens with zero attached hydrogens (tertiary/aromatic N) is 2. The molecule has 1 unspecified atom stereocenters. The van der Waals surface area contributed by atoms with Crippen molar-refractivity contribution in [2.45, 2.75) is 12.5 Å². The van der Waals surface area contributed by atoms with Crippen LogP contribution in [0.4, 0.5) is 5.69 Å². The lowest BCUT2D eigenvalue weighted by Gasteiger charge is -2.28. The van der Waals surface area contributed by atoms with E-state index in [0.29, 0.717) is 47.9 Å². The Morgan fingerprint density at radius 1 is 1.15 bits per heavy atom. The van der Waals surface area contributed by atoms with Crippen LogP contribution < -0.4 is 10.1 Å². The lowest BCUT2D eigenvalue weighted by Crippen LogP contribution is -2.35. The number of ketones is 2. The van der Waals surface area contributed by atoms with Crippen molar-refractivity contribution in [3.05, 3.63) is 65.1 Å². The number of hydrogen-bond acceptors (Lipinski definition) is 7. The van der Waals surface area contributed by atoms with Crippen molar-refractivity contribution in [1.29, 1.82) is 0 Å². The molecule has 0 saturated carbocycles. The average Bonchev–Trinajstić information content (AvgIpc) is 3.12. The molecule has 0 radical (unpaired) electrons. The first kappa shape index (κ1) is 17.2. The van der Waals surface area contributed by atoms with Crippen LogP contribution in [-0.2, 0) is 0 Å². The molecule has 138 valence electrons. The van der Waals surface area contributed by atoms with Crippen molar-refractivity contribution in [2.24, 2.45) is 0 Å². The number of carbonyl (C=O) groups excluding carboxylic acids is 2. The molecule has 7 nitrogen and oxygen atoms in total. The zero-order chi connectivity index (χ0) is 19.0. The Bertz CT molecular complexity index is 936. The third-order valence-electron chi connectivity index (χ3n) is 4.79. The molecule has 2 aliphatic rings. The largest absolute Gasteiger partial charge is 0.481 e. The molecule has 1 fully saturated rings. The van der Waals surface area contributed by atoms with Crippen molar-refractivity contribution in [1.82, 2.24) is 9.88 Å². The monoisotopic (exact) mass is 365 g/mol. The third kappa shape index (κ3) is 3.06. The number of pyridine rings is 1. The summed E-state index contributed by atoms with van der Waals surface area (Å²) in [6, 6.07) is 10.2. The zero-order valence-corrected chi connectivity index (χ0v) is 14.8. The van der Waals surface area contributed by atoms with Crippen LogP contribution in [0.1, 0.15) is 27.1 Å². The van der Waals surface area contributed by atoms with E-state index >= 15 is 0 Å². The predicted octanol–water partition coefficient (Wildman–Crippen LogP) is 1.86. The van der Waals surface area contributed by atoms with E-state index in [4.69, 9.17) is 4.74 Å². The highest BCUT2D eigenvalue weighted by Crippen LogP contribution is 2.31. The number of aliphatic hydroxyl groups is 1. The number of likely N-dealkylation sites (tertiary alicyclic amines) is 1. The number of aliphatic hydroxyl groups excluding tert-OH is 1. The van der Waals surface area contributed by atoms with E-state index in [1.54, 1.807) is 47.5 Å². The molecule has 0 amide bonds. The Kier molecular flexibility index (Phi) is 4.37. The third-order valence-corrected chi connectivity index (χ3v) is 4.79. The number of allylic oxidation sites excluding steroid dienone is 2. The van der Waals surface area contributed by atoms with Gasteiger partial charge in [-0.2, -0.15) is 0 Å². The Morgan fingerprint density at radius 2 is 1.89 bits per heavy atom. The topological polar surface area (TPSA) is 91.8 Å². The first-order valence-electron chi connectivity index (χ1n) is 8.71. The molecule has 2 aromatic rings. The normalized spacial score (nSPS) is 19.3. The fraction of sp³-hybridized carbons (Fsp3) is 0.250. The number of aromatic nitrogens is 1. The second-order valence-corrected chi connectivity index (χ2v) is 6.53. The highest BCUT2D eigenvalue weighted by Gasteiger charge is 2.37. The summed E-state index contributed by atoms with van der Waals surface area (Å²) in [5.74, 6) is -0.0190. The van der Waals surface area contributed by atoms with Crippen molar-refractivity contribution in [2.75, 3.05) is 25.5 Å². The van der Waals surface area contributed by atoms with E-state index in [0.717, 1.165) is 0 Å². The van der Waals surface area contributed by atoms with E-state index in [1.165, 1.54) is 7.11 Å². The number of fused-ring (bicyclic) bond motifs is 1. The molecule has 1 aromatic carbocycles. The van der Waals surface area contributed by atoms with Gasteiger partial charge in [0.1, 0.15) is 11.4 Å². The minimum absolute atomic E-state index is 0.208. The van der Waals surface area contributed by atoms with Crippen molar-refractivity contribution >= 4 is 17.3 Å². The molecule has 1 saturated heterocycles. The number of rotatable bonds is 4. The Hall–Kier alpha value is -3.19. The van der Waals surface area contributed by atoms with Crippen LogP contribution >= 0.6 is 0 Å². The highest BCUT2D eigenvalue weighted by molar-refractivity contribution is 6.27. The maximum Gasteiger partial charge on any atom is 0.213 e. The molecule has 2 heterocycles. The smallest absolute Gasteiger partial charge is 0.213 e. The maximum atomic E-state index is 13.1. The summed E-state index contributed by atoms with van der Waals surface area (Å²) in [5, 5.41) is 13.0. The van der Waals surface area contributed by atoms with Gasteiger partial charge in [-0.05, 0) is 12.5 Å². The molecule has 1 aromatic heterocycles. The number of benzene rings is 1. The van der Waals surface area contributed by atoms with Crippen molar-refractivity contribution in [3.8, 4) is 5.88 Å². The van der Waals surface area contributed by atoms with Crippen molar-refractivity contribution in [3.63, 3.8) is 0 Å². The number of ether oxygens (including phenoxy) is 1. The van der Waals surface area contributed by atoms with Crippen LogP contribution in [0.2, 0.25) is 0 Å². The second kappa shape index (κ2) is 6.85. The highest BCUT2D eigenvalue weighted by atomic mass is 16.5. The minimum Gasteiger partial charge on any atom is -0.481 e. The number of methoxy groups -OCH3 is 1. The van der Waals surface area contributed by atoms with Crippen molar-refractivity contribution < 1.29 is 19.4 Å². The number of β-amino-alcohol motifs (C(OH)–C–C–N with tert-alkyl or cyclic N) is 1. The Balaban J connectivity index is 1.78. The van der Waals surface area contributed by atoms with Gasteiger partial charge in [0.15, 0.2) is 0 Å². The summed E-state index contributed by atoms with van der Waals surface area (Å²) < 4.78 is 5.05. The SMILES string of the molecule is COc1ccc(NC2=C(N3CCC(O)C3)C(=O)c3ccccc3C2=O)cn1. The van der Waals surface area contributed by atoms with Gasteiger partial charge < -0.3 is 20.1 Å². The molecule has 4 rings (SSSR count). The average molecular weight is 365 g/mol. The molecule has 7 heteroatoms. The van der Waals surface area contributed by atoms with Crippen LogP contribution in [0.25, 0.3) is 0 Å². The van der Waals surface area contributed by atoms with Gasteiger partial charge in [-0.1, -0.05) is 24.3 Å². The van der Waals surface area contributed by atoms with E-state index in [-0.39, 0.29) is 17.3 Å². The first-order chi connectivity index (χ1) is 13.1. The summed E-state index contributed by atoms with van der Waals surface area (Å²) in [7, 11) is 1.52. The van der Waals surface area contributed by atoms with E-state index in [9.17, 15) is 14.7 Å². The van der Waals surface area contributed by atoms with Crippen LogP contribution in [0.5, 0.6) is 5.88 Å². The second-order valence-electron chi connectivity index (χ2n) is 6.53. The van der Waals surface area contributed by atoms with Gasteiger partial charge in [-0.15, -0.1) is 0 Å². The first-order valence-corrected chi connectivity index (χ1v) is 8.71. The standard InChI is InChI=1S/C20H19N3O4/c1-27-16-7-6-12(10-21-16)22-17-18(23-9-8-13(24)11-23)20(26)15-5-3-2-4-14(15)19(17)25/h2-7,10,13,22,24H,8-9,11H2,1H3. The van der Waals surface area contributed by atoms with Gasteiger partial charge in [0.25, 0.3) is 0 Å². The molecule has 27 heavy (non-hydrogen) atoms. The molecule has 0 bridgehead atoms. The molecule has 1 aliphatic heterocycles. The number of anilines is 1. The lowest BCUT2D eigenvalue weighted by atomic mass is 9.89. The molecular weight excluding hydrogens is 346 g/mol. The van der Waals surface area contributed by atoms with Crippen LogP contribution in [0.3, 0.4) is 0 Å². The quantitative estimate of drug-likeness (QED) is 0.854. The molecule has 0 spiro atoms. The van der Waals surface area contributed by atoms with E-state index in [2.05, 4.69) is 10.3 Å². The van der Waals surface area contributed by atoms with Gasteiger partial charge in [0, 0.05) is 30.3 Å². The summed E-state index contributed by atoms with van der Waals surface area (Å²) in [4.78, 5) is 32.2. The number of carbonyl (C=O) groups is 2. The fourth-order valence-corrected chi connectivity index (χ4v) is 3.44. The molecule has 2 N–H and O–H groups in total. The van der Waals surface area contributed by atoms with Gasteiger partial charge in [0.05, 0.1) is 25.1 Å². The minimum atomic E-state index is -0.513. The summed E-state index contributed by atoms with van der Waals surface area (Å²) in [6.45, 7) is 0.840. The van der Waals surface area contributed by atoms with Crippen LogP contribution in [0, 0.1) is 0 Å². The summed E-state index contributed by atoms with van der Waals surface area (Å²) >= 11 is 0.